The smallest absolute Gasteiger partial charge is 0.231 e. The molecule has 1 aliphatic heterocycles. The number of nitrogens with zero attached hydrogens (tertiary/aromatic N) is 1. The summed E-state index contributed by atoms with van der Waals surface area (Å²) in [5, 5.41) is 16.0. The Balaban J connectivity index is 1.68. The van der Waals surface area contributed by atoms with Crippen molar-refractivity contribution in [2.75, 3.05) is 13.4 Å². The van der Waals surface area contributed by atoms with Crippen LogP contribution in [0.2, 0.25) is 0 Å². The molecule has 2 aromatic rings. The van der Waals surface area contributed by atoms with E-state index in [0.29, 0.717) is 6.54 Å². The second-order valence-electron chi connectivity index (χ2n) is 6.03. The van der Waals surface area contributed by atoms with Gasteiger partial charge in [0.05, 0.1) is 12.3 Å². The summed E-state index contributed by atoms with van der Waals surface area (Å²) >= 11 is 1.61. The summed E-state index contributed by atoms with van der Waals surface area (Å²) < 4.78 is 10.7. The number of hydrogen-bond acceptors (Lipinski definition) is 6. The average Bonchev–Trinajstić information content (AvgIpc) is 3.21. The molecule has 1 unspecified atom stereocenters. The van der Waals surface area contributed by atoms with Crippen molar-refractivity contribution in [3.05, 3.63) is 29.3 Å². The summed E-state index contributed by atoms with van der Waals surface area (Å²) in [7, 11) is 0. The molecule has 124 valence electrons. The van der Waals surface area contributed by atoms with Crippen LogP contribution < -0.4 is 14.8 Å². The third-order valence-electron chi connectivity index (χ3n) is 4.02. The largest absolute Gasteiger partial charge is 0.454 e. The first-order valence-electron chi connectivity index (χ1n) is 7.84. The zero-order valence-electron chi connectivity index (χ0n) is 13.5. The van der Waals surface area contributed by atoms with Gasteiger partial charge < -0.3 is 19.9 Å². The lowest BCUT2D eigenvalue weighted by molar-refractivity contribution is 0.163. The maximum atomic E-state index is 9.56. The van der Waals surface area contributed by atoms with Gasteiger partial charge in [-0.25, -0.2) is 4.98 Å². The van der Waals surface area contributed by atoms with E-state index in [1.165, 1.54) is 0 Å². The summed E-state index contributed by atoms with van der Waals surface area (Å²) in [6.07, 6.45) is 1.96. The number of thiazole rings is 1. The molecule has 5 nitrogen and oxygen atoms in total. The normalized spacial score (nSPS) is 15.6. The summed E-state index contributed by atoms with van der Waals surface area (Å²) in [6, 6.07) is 5.88. The molecule has 3 rings (SSSR count). The molecule has 2 heterocycles. The molecule has 0 amide bonds. The number of aromatic nitrogens is 1. The number of hydrogen-bond donors (Lipinski definition) is 2. The maximum absolute atomic E-state index is 9.56. The predicted molar refractivity (Wildman–Crippen MR) is 90.9 cm³/mol. The van der Waals surface area contributed by atoms with Crippen LogP contribution in [0.1, 0.15) is 32.4 Å². The Labute approximate surface area is 140 Å². The molecule has 23 heavy (non-hydrogen) atoms. The van der Waals surface area contributed by atoms with Gasteiger partial charge in [0.25, 0.3) is 0 Å². The summed E-state index contributed by atoms with van der Waals surface area (Å²) in [5.74, 6) is 1.55. The average molecular weight is 334 g/mol. The van der Waals surface area contributed by atoms with Crippen molar-refractivity contribution in [2.24, 2.45) is 0 Å². The number of aliphatic hydroxyl groups excluding tert-OH is 1. The highest BCUT2D eigenvalue weighted by Crippen LogP contribution is 2.36. The molecule has 1 atom stereocenters. The number of benzene rings is 1. The Morgan fingerprint density at radius 2 is 2.17 bits per heavy atom. The molecular formula is C17H22N2O3S. The van der Waals surface area contributed by atoms with Crippen LogP contribution in [0.3, 0.4) is 0 Å². The van der Waals surface area contributed by atoms with Crippen molar-refractivity contribution in [1.82, 2.24) is 10.3 Å². The molecule has 2 N–H and O–H groups in total. The van der Waals surface area contributed by atoms with Gasteiger partial charge in [-0.2, -0.15) is 0 Å². The molecule has 6 heteroatoms. The van der Waals surface area contributed by atoms with Crippen LogP contribution in [0.5, 0.6) is 11.5 Å². The first kappa shape index (κ1) is 16.2. The van der Waals surface area contributed by atoms with Gasteiger partial charge in [0.2, 0.25) is 6.79 Å². The molecule has 1 aliphatic rings. The molecule has 1 aromatic heterocycles. The lowest BCUT2D eigenvalue weighted by Gasteiger charge is -2.28. The van der Waals surface area contributed by atoms with Crippen LogP contribution in [0.4, 0.5) is 0 Å². The van der Waals surface area contributed by atoms with Crippen LogP contribution in [0, 0.1) is 0 Å². The van der Waals surface area contributed by atoms with E-state index in [9.17, 15) is 5.11 Å². The predicted octanol–water partition coefficient (Wildman–Crippen LogP) is 3.18. The molecular weight excluding hydrogens is 312 g/mol. The van der Waals surface area contributed by atoms with Crippen LogP contribution in [0.15, 0.2) is 23.6 Å². The molecule has 0 bridgehead atoms. The summed E-state index contributed by atoms with van der Waals surface area (Å²) in [6.45, 7) is 5.22. The molecule has 1 aromatic carbocycles. The van der Waals surface area contributed by atoms with Crippen LogP contribution >= 0.6 is 11.3 Å². The molecule has 0 spiro atoms. The van der Waals surface area contributed by atoms with E-state index in [1.807, 2.05) is 25.1 Å². The SMILES string of the molecule is CCCC(C)(CO)NCc1csc(-c2ccc3c(c2)OCO3)n1. The van der Waals surface area contributed by atoms with E-state index >= 15 is 0 Å². The van der Waals surface area contributed by atoms with Crippen molar-refractivity contribution in [1.29, 1.82) is 0 Å². The van der Waals surface area contributed by atoms with E-state index in [-0.39, 0.29) is 18.9 Å². The number of rotatable bonds is 7. The summed E-state index contributed by atoms with van der Waals surface area (Å²) in [4.78, 5) is 4.68. The number of ether oxygens (including phenoxy) is 2. The van der Waals surface area contributed by atoms with Crippen molar-refractivity contribution < 1.29 is 14.6 Å². The van der Waals surface area contributed by atoms with E-state index < -0.39 is 0 Å². The fourth-order valence-electron chi connectivity index (χ4n) is 2.63. The molecule has 0 radical (unpaired) electrons. The third-order valence-corrected chi connectivity index (χ3v) is 4.96. The van der Waals surface area contributed by atoms with Crippen LogP contribution in [-0.4, -0.2) is 29.0 Å². The Morgan fingerprint density at radius 1 is 1.35 bits per heavy atom. The minimum absolute atomic E-state index is 0.125. The van der Waals surface area contributed by atoms with Gasteiger partial charge in [-0.1, -0.05) is 13.3 Å². The Morgan fingerprint density at radius 3 is 2.96 bits per heavy atom. The van der Waals surface area contributed by atoms with Gasteiger partial charge in [-0.05, 0) is 31.5 Å². The lowest BCUT2D eigenvalue weighted by Crippen LogP contribution is -2.45. The Bertz CT molecular complexity index is 674. The summed E-state index contributed by atoms with van der Waals surface area (Å²) in [5.41, 5.74) is 1.76. The Hall–Kier alpha value is -1.63. The van der Waals surface area contributed by atoms with E-state index in [1.54, 1.807) is 11.3 Å². The number of fused-ring (bicyclic) bond motifs is 1. The van der Waals surface area contributed by atoms with Gasteiger partial charge in [0.15, 0.2) is 11.5 Å². The highest BCUT2D eigenvalue weighted by atomic mass is 32.1. The first-order valence-corrected chi connectivity index (χ1v) is 8.72. The third kappa shape index (κ3) is 3.65. The quantitative estimate of drug-likeness (QED) is 0.814. The van der Waals surface area contributed by atoms with Gasteiger partial charge in [-0.15, -0.1) is 11.3 Å². The topological polar surface area (TPSA) is 63.6 Å². The van der Waals surface area contributed by atoms with Crippen LogP contribution in [0.25, 0.3) is 10.6 Å². The van der Waals surface area contributed by atoms with E-state index in [4.69, 9.17) is 9.47 Å². The Kier molecular flexibility index (Phi) is 4.84. The van der Waals surface area contributed by atoms with Crippen molar-refractivity contribution in [3.8, 4) is 22.1 Å². The van der Waals surface area contributed by atoms with Crippen molar-refractivity contribution in [2.45, 2.75) is 38.8 Å². The number of nitrogens with one attached hydrogen (secondary N) is 1. The zero-order valence-corrected chi connectivity index (χ0v) is 14.3. The maximum Gasteiger partial charge on any atom is 0.231 e. The fourth-order valence-corrected chi connectivity index (χ4v) is 3.45. The highest BCUT2D eigenvalue weighted by molar-refractivity contribution is 7.13. The van der Waals surface area contributed by atoms with Crippen molar-refractivity contribution >= 4 is 11.3 Å². The molecule has 0 fully saturated rings. The standard InChI is InChI=1S/C17H22N2O3S/c1-3-6-17(2,10-20)18-8-13-9-23-16(19-13)12-4-5-14-15(7-12)22-11-21-14/h4-5,7,9,18,20H,3,6,8,10-11H2,1-2H3. The minimum Gasteiger partial charge on any atom is -0.454 e. The van der Waals surface area contributed by atoms with Gasteiger partial charge in [-0.3, -0.25) is 0 Å². The fraction of sp³-hybridized carbons (Fsp3) is 0.471. The molecule has 0 aliphatic carbocycles. The van der Waals surface area contributed by atoms with E-state index in [0.717, 1.165) is 40.6 Å². The number of aliphatic hydroxyl groups is 1. The second-order valence-corrected chi connectivity index (χ2v) is 6.89. The monoisotopic (exact) mass is 334 g/mol. The zero-order chi connectivity index (χ0) is 16.3. The van der Waals surface area contributed by atoms with Gasteiger partial charge in [0, 0.05) is 23.0 Å². The first-order chi connectivity index (χ1) is 11.1. The highest BCUT2D eigenvalue weighted by Gasteiger charge is 2.22. The van der Waals surface area contributed by atoms with Crippen LogP contribution in [-0.2, 0) is 6.54 Å². The van der Waals surface area contributed by atoms with Gasteiger partial charge >= 0.3 is 0 Å². The van der Waals surface area contributed by atoms with Gasteiger partial charge in [0.1, 0.15) is 5.01 Å². The molecule has 0 saturated heterocycles. The molecule has 0 saturated carbocycles. The lowest BCUT2D eigenvalue weighted by atomic mass is 9.97. The van der Waals surface area contributed by atoms with Crippen molar-refractivity contribution in [3.63, 3.8) is 0 Å². The minimum atomic E-state index is -0.253. The second kappa shape index (κ2) is 6.86. The van der Waals surface area contributed by atoms with E-state index in [2.05, 4.69) is 22.6 Å².